The van der Waals surface area contributed by atoms with Gasteiger partial charge in [0.1, 0.15) is 5.17 Å². The molecule has 0 atom stereocenters. The van der Waals surface area contributed by atoms with Gasteiger partial charge in [-0.15, -0.1) is 0 Å². The molecule has 0 bridgehead atoms. The molecule has 2 N–H and O–H groups in total. The van der Waals surface area contributed by atoms with Crippen molar-refractivity contribution in [2.24, 2.45) is 10.7 Å². The number of allylic oxidation sites excluding steroid dienone is 2. The van der Waals surface area contributed by atoms with E-state index >= 15 is 0 Å². The molecule has 0 fully saturated rings. The Morgan fingerprint density at radius 3 is 2.43 bits per heavy atom. The SMILES string of the molecule is CC(N)=CC(Cl)=Nc1ccc(C)cc1. The molecule has 1 rings (SSSR count). The van der Waals surface area contributed by atoms with E-state index in [9.17, 15) is 0 Å². The summed E-state index contributed by atoms with van der Waals surface area (Å²) < 4.78 is 0. The molecule has 0 aliphatic rings. The van der Waals surface area contributed by atoms with Gasteiger partial charge in [-0.2, -0.15) is 0 Å². The highest BCUT2D eigenvalue weighted by Gasteiger charge is 1.92. The van der Waals surface area contributed by atoms with Crippen molar-refractivity contribution in [3.05, 3.63) is 41.6 Å². The van der Waals surface area contributed by atoms with Gasteiger partial charge in [0.25, 0.3) is 0 Å². The Kier molecular flexibility index (Phi) is 3.72. The van der Waals surface area contributed by atoms with Gasteiger partial charge >= 0.3 is 0 Å². The highest BCUT2D eigenvalue weighted by atomic mass is 35.5. The molecule has 0 aromatic heterocycles. The lowest BCUT2D eigenvalue weighted by atomic mass is 10.2. The van der Waals surface area contributed by atoms with Crippen LogP contribution >= 0.6 is 11.6 Å². The monoisotopic (exact) mass is 208 g/mol. The molecule has 74 valence electrons. The smallest absolute Gasteiger partial charge is 0.131 e. The zero-order chi connectivity index (χ0) is 10.6. The minimum absolute atomic E-state index is 0.397. The van der Waals surface area contributed by atoms with E-state index in [1.807, 2.05) is 31.2 Å². The van der Waals surface area contributed by atoms with Crippen LogP contribution in [0.1, 0.15) is 12.5 Å². The van der Waals surface area contributed by atoms with Crippen molar-refractivity contribution in [3.63, 3.8) is 0 Å². The Hall–Kier alpha value is -1.28. The molecular formula is C11H13ClN2. The van der Waals surface area contributed by atoms with Gasteiger partial charge in [0.2, 0.25) is 0 Å². The van der Waals surface area contributed by atoms with Crippen LogP contribution in [-0.4, -0.2) is 5.17 Å². The van der Waals surface area contributed by atoms with Gasteiger partial charge in [-0.05, 0) is 32.1 Å². The first-order valence-electron chi connectivity index (χ1n) is 4.32. The number of hydrogen-bond acceptors (Lipinski definition) is 2. The van der Waals surface area contributed by atoms with Crippen molar-refractivity contribution in [3.8, 4) is 0 Å². The average molecular weight is 209 g/mol. The molecule has 1 aromatic rings. The fraction of sp³-hybridized carbons (Fsp3) is 0.182. The van der Waals surface area contributed by atoms with Crippen molar-refractivity contribution in [2.45, 2.75) is 13.8 Å². The molecule has 2 nitrogen and oxygen atoms in total. The van der Waals surface area contributed by atoms with Gasteiger partial charge in [-0.25, -0.2) is 4.99 Å². The van der Waals surface area contributed by atoms with Crippen LogP contribution in [0.3, 0.4) is 0 Å². The van der Waals surface area contributed by atoms with E-state index in [-0.39, 0.29) is 0 Å². The Bertz CT molecular complexity index is 359. The van der Waals surface area contributed by atoms with Crippen LogP contribution < -0.4 is 5.73 Å². The van der Waals surface area contributed by atoms with Crippen molar-refractivity contribution in [1.82, 2.24) is 0 Å². The van der Waals surface area contributed by atoms with Gasteiger partial charge < -0.3 is 5.73 Å². The van der Waals surface area contributed by atoms with Crippen LogP contribution in [0.4, 0.5) is 5.69 Å². The molecule has 1 aromatic carbocycles. The van der Waals surface area contributed by atoms with Gasteiger partial charge in [-0.1, -0.05) is 29.3 Å². The van der Waals surface area contributed by atoms with Crippen molar-refractivity contribution in [1.29, 1.82) is 0 Å². The van der Waals surface area contributed by atoms with Crippen LogP contribution in [0.25, 0.3) is 0 Å². The number of halogens is 1. The van der Waals surface area contributed by atoms with Crippen LogP contribution in [0.5, 0.6) is 0 Å². The standard InChI is InChI=1S/C11H13ClN2/c1-8-3-5-10(6-4-8)14-11(12)7-9(2)13/h3-7H,13H2,1-2H3. The molecule has 0 amide bonds. The van der Waals surface area contributed by atoms with Gasteiger partial charge in [0.05, 0.1) is 5.69 Å². The molecule has 0 saturated heterocycles. The first-order valence-corrected chi connectivity index (χ1v) is 4.70. The maximum atomic E-state index is 5.84. The molecule has 14 heavy (non-hydrogen) atoms. The van der Waals surface area contributed by atoms with Crippen molar-refractivity contribution in [2.75, 3.05) is 0 Å². The Morgan fingerprint density at radius 2 is 1.93 bits per heavy atom. The van der Waals surface area contributed by atoms with E-state index in [0.29, 0.717) is 10.9 Å². The third-order valence-corrected chi connectivity index (χ3v) is 1.81. The molecule has 0 aliphatic carbocycles. The Balaban J connectivity index is 2.87. The van der Waals surface area contributed by atoms with Gasteiger partial charge in [0.15, 0.2) is 0 Å². The summed E-state index contributed by atoms with van der Waals surface area (Å²) in [4.78, 5) is 4.17. The fourth-order valence-electron chi connectivity index (χ4n) is 0.963. The predicted octanol–water partition coefficient (Wildman–Crippen LogP) is 3.13. The topological polar surface area (TPSA) is 38.4 Å². The summed E-state index contributed by atoms with van der Waals surface area (Å²) >= 11 is 5.84. The Morgan fingerprint density at radius 1 is 1.36 bits per heavy atom. The number of benzene rings is 1. The van der Waals surface area contributed by atoms with Crippen molar-refractivity contribution >= 4 is 22.5 Å². The summed E-state index contributed by atoms with van der Waals surface area (Å²) in [5.41, 5.74) is 8.14. The molecule has 0 unspecified atom stereocenters. The second kappa shape index (κ2) is 4.82. The lowest BCUT2D eigenvalue weighted by Crippen LogP contribution is -1.93. The normalized spacial score (nSPS) is 13.1. The number of nitrogens with zero attached hydrogens (tertiary/aromatic N) is 1. The van der Waals surface area contributed by atoms with Gasteiger partial charge in [0, 0.05) is 5.70 Å². The summed E-state index contributed by atoms with van der Waals surface area (Å²) in [6.45, 7) is 3.80. The first-order chi connectivity index (χ1) is 6.58. The zero-order valence-corrected chi connectivity index (χ0v) is 9.05. The quantitative estimate of drug-likeness (QED) is 0.746. The van der Waals surface area contributed by atoms with Crippen LogP contribution in [0.15, 0.2) is 41.0 Å². The van der Waals surface area contributed by atoms with E-state index in [2.05, 4.69) is 4.99 Å². The van der Waals surface area contributed by atoms with E-state index in [4.69, 9.17) is 17.3 Å². The molecule has 0 radical (unpaired) electrons. The van der Waals surface area contributed by atoms with E-state index in [1.54, 1.807) is 13.0 Å². The molecule has 0 saturated carbocycles. The van der Waals surface area contributed by atoms with E-state index < -0.39 is 0 Å². The molecular weight excluding hydrogens is 196 g/mol. The third kappa shape index (κ3) is 3.62. The highest BCUT2D eigenvalue weighted by Crippen LogP contribution is 2.13. The van der Waals surface area contributed by atoms with Crippen LogP contribution in [0, 0.1) is 6.92 Å². The number of hydrogen-bond donors (Lipinski definition) is 1. The maximum Gasteiger partial charge on any atom is 0.131 e. The predicted molar refractivity (Wildman–Crippen MR) is 62.1 cm³/mol. The molecule has 0 heterocycles. The minimum Gasteiger partial charge on any atom is -0.402 e. The van der Waals surface area contributed by atoms with Crippen LogP contribution in [-0.2, 0) is 0 Å². The lowest BCUT2D eigenvalue weighted by Gasteiger charge is -1.95. The summed E-state index contributed by atoms with van der Waals surface area (Å²) in [6, 6.07) is 7.80. The van der Waals surface area contributed by atoms with E-state index in [1.165, 1.54) is 5.56 Å². The summed E-state index contributed by atoms with van der Waals surface area (Å²) in [5, 5.41) is 0.397. The average Bonchev–Trinajstić information content (AvgIpc) is 2.07. The van der Waals surface area contributed by atoms with Gasteiger partial charge in [-0.3, -0.25) is 0 Å². The minimum atomic E-state index is 0.397. The number of rotatable bonds is 2. The largest absolute Gasteiger partial charge is 0.402 e. The van der Waals surface area contributed by atoms with E-state index in [0.717, 1.165) is 5.69 Å². The first kappa shape index (κ1) is 10.8. The second-order valence-corrected chi connectivity index (χ2v) is 3.55. The number of aliphatic imine (C=N–C) groups is 1. The highest BCUT2D eigenvalue weighted by molar-refractivity contribution is 6.68. The van der Waals surface area contributed by atoms with Crippen molar-refractivity contribution < 1.29 is 0 Å². The fourth-order valence-corrected chi connectivity index (χ4v) is 1.23. The molecule has 0 aliphatic heterocycles. The number of aryl methyl sites for hydroxylation is 1. The number of nitrogens with two attached hydrogens (primary N) is 1. The summed E-state index contributed by atoms with van der Waals surface area (Å²) in [7, 11) is 0. The Labute approximate surface area is 89.1 Å². The summed E-state index contributed by atoms with van der Waals surface area (Å²) in [6.07, 6.45) is 1.63. The second-order valence-electron chi connectivity index (χ2n) is 3.16. The maximum absolute atomic E-state index is 5.84. The molecule has 0 spiro atoms. The lowest BCUT2D eigenvalue weighted by molar-refractivity contribution is 1.32. The summed E-state index contributed by atoms with van der Waals surface area (Å²) in [5.74, 6) is 0. The zero-order valence-electron chi connectivity index (χ0n) is 8.29. The molecule has 3 heteroatoms. The third-order valence-electron chi connectivity index (χ3n) is 1.62. The van der Waals surface area contributed by atoms with Crippen LogP contribution in [0.2, 0.25) is 0 Å².